The van der Waals surface area contributed by atoms with Crippen molar-refractivity contribution < 1.29 is 28.6 Å². The maximum Gasteiger partial charge on any atom is 0.335 e. The molecule has 1 aliphatic heterocycles. The van der Waals surface area contributed by atoms with Crippen molar-refractivity contribution in [1.82, 2.24) is 0 Å². The van der Waals surface area contributed by atoms with Gasteiger partial charge in [-0.15, -0.1) is 0 Å². The van der Waals surface area contributed by atoms with Gasteiger partial charge in [0.05, 0.1) is 36.1 Å². The van der Waals surface area contributed by atoms with Crippen LogP contribution in [0.5, 0.6) is 11.5 Å². The third-order valence-corrected chi connectivity index (χ3v) is 6.70. The van der Waals surface area contributed by atoms with Gasteiger partial charge in [0.1, 0.15) is 23.0 Å². The number of methoxy groups -OCH3 is 2. The van der Waals surface area contributed by atoms with Crippen LogP contribution in [0.15, 0.2) is 99.2 Å². The first-order valence-corrected chi connectivity index (χ1v) is 12.3. The second-order valence-electron chi connectivity index (χ2n) is 8.13. The smallest absolute Gasteiger partial charge is 0.335 e. The van der Waals surface area contributed by atoms with E-state index in [2.05, 4.69) is 0 Å². The summed E-state index contributed by atoms with van der Waals surface area (Å²) >= 11 is 1.23. The third-order valence-electron chi connectivity index (χ3n) is 5.73. The molecule has 0 aliphatic carbocycles. The van der Waals surface area contributed by atoms with Crippen LogP contribution in [0.4, 0.5) is 11.4 Å². The average molecular weight is 527 g/mol. The SMILES string of the molecule is COc1ccc(N=C2S/C(=C\c3ccc(-c4cccc(C(=O)O)c4)o3)C(=O)N2c2ccc(OC)cc2)cc1. The second-order valence-corrected chi connectivity index (χ2v) is 9.14. The Hall–Kier alpha value is -4.76. The van der Waals surface area contributed by atoms with Crippen LogP contribution in [0.2, 0.25) is 0 Å². The van der Waals surface area contributed by atoms with Crippen LogP contribution < -0.4 is 14.4 Å². The highest BCUT2D eigenvalue weighted by molar-refractivity contribution is 8.19. The number of amidine groups is 1. The fourth-order valence-electron chi connectivity index (χ4n) is 3.80. The number of ether oxygens (including phenoxy) is 2. The first-order chi connectivity index (χ1) is 18.4. The molecule has 0 radical (unpaired) electrons. The summed E-state index contributed by atoms with van der Waals surface area (Å²) in [4.78, 5) is 31.6. The molecule has 1 fully saturated rings. The first kappa shape index (κ1) is 24.9. The van der Waals surface area contributed by atoms with E-state index >= 15 is 0 Å². The molecule has 3 aromatic carbocycles. The largest absolute Gasteiger partial charge is 0.497 e. The molecule has 190 valence electrons. The normalized spacial score (nSPS) is 15.3. The molecule has 2 heterocycles. The maximum atomic E-state index is 13.6. The lowest BCUT2D eigenvalue weighted by atomic mass is 10.1. The van der Waals surface area contributed by atoms with Crippen molar-refractivity contribution in [3.63, 3.8) is 0 Å². The van der Waals surface area contributed by atoms with Gasteiger partial charge < -0.3 is 19.0 Å². The molecule has 0 saturated carbocycles. The van der Waals surface area contributed by atoms with Gasteiger partial charge in [-0.25, -0.2) is 9.79 Å². The molecule has 1 saturated heterocycles. The minimum Gasteiger partial charge on any atom is -0.497 e. The summed E-state index contributed by atoms with van der Waals surface area (Å²) in [6, 6.07) is 24.4. The van der Waals surface area contributed by atoms with Crippen LogP contribution in [0.25, 0.3) is 17.4 Å². The average Bonchev–Trinajstić information content (AvgIpc) is 3.53. The molecule has 1 aliphatic rings. The number of carbonyl (C=O) groups excluding carboxylic acids is 1. The molecule has 8 nitrogen and oxygen atoms in total. The predicted octanol–water partition coefficient (Wildman–Crippen LogP) is 6.47. The summed E-state index contributed by atoms with van der Waals surface area (Å²) in [6.45, 7) is 0. The molecule has 38 heavy (non-hydrogen) atoms. The minimum absolute atomic E-state index is 0.162. The zero-order valence-electron chi connectivity index (χ0n) is 20.5. The Morgan fingerprint density at radius 1 is 0.947 bits per heavy atom. The summed E-state index contributed by atoms with van der Waals surface area (Å²) < 4.78 is 16.4. The number of nitrogens with zero attached hydrogens (tertiary/aromatic N) is 2. The zero-order valence-corrected chi connectivity index (χ0v) is 21.3. The topological polar surface area (TPSA) is 102 Å². The van der Waals surface area contributed by atoms with Gasteiger partial charge in [0, 0.05) is 11.6 Å². The summed E-state index contributed by atoms with van der Waals surface area (Å²) in [5.74, 6) is 1.06. The Kier molecular flexibility index (Phi) is 7.01. The van der Waals surface area contributed by atoms with E-state index in [1.807, 2.05) is 12.1 Å². The van der Waals surface area contributed by atoms with Crippen LogP contribution in [-0.2, 0) is 4.79 Å². The highest BCUT2D eigenvalue weighted by atomic mass is 32.2. The number of benzene rings is 3. The van der Waals surface area contributed by atoms with E-state index in [9.17, 15) is 14.7 Å². The lowest BCUT2D eigenvalue weighted by Gasteiger charge is -2.16. The Bertz CT molecular complexity index is 1550. The number of thioether (sulfide) groups is 1. The number of carboxylic acids is 1. The molecule has 1 N–H and O–H groups in total. The van der Waals surface area contributed by atoms with Crippen LogP contribution in [0.3, 0.4) is 0 Å². The number of rotatable bonds is 7. The summed E-state index contributed by atoms with van der Waals surface area (Å²) in [5, 5.41) is 9.76. The number of amides is 1. The quantitative estimate of drug-likeness (QED) is 0.275. The second kappa shape index (κ2) is 10.7. The predicted molar refractivity (Wildman–Crippen MR) is 147 cm³/mol. The van der Waals surface area contributed by atoms with Gasteiger partial charge in [-0.2, -0.15) is 0 Å². The van der Waals surface area contributed by atoms with Crippen molar-refractivity contribution in [2.45, 2.75) is 0 Å². The first-order valence-electron chi connectivity index (χ1n) is 11.5. The monoisotopic (exact) mass is 526 g/mol. The molecule has 4 aromatic rings. The maximum absolute atomic E-state index is 13.6. The van der Waals surface area contributed by atoms with E-state index in [0.29, 0.717) is 50.0 Å². The van der Waals surface area contributed by atoms with Crippen molar-refractivity contribution in [3.05, 3.63) is 101 Å². The van der Waals surface area contributed by atoms with Gasteiger partial charge in [-0.1, -0.05) is 12.1 Å². The van der Waals surface area contributed by atoms with Gasteiger partial charge in [0.15, 0.2) is 5.17 Å². The molecule has 9 heteroatoms. The van der Waals surface area contributed by atoms with E-state index in [-0.39, 0.29) is 11.5 Å². The lowest BCUT2D eigenvalue weighted by Crippen LogP contribution is -2.28. The third kappa shape index (κ3) is 5.18. The van der Waals surface area contributed by atoms with Crippen LogP contribution in [-0.4, -0.2) is 36.4 Å². The fourth-order valence-corrected chi connectivity index (χ4v) is 4.78. The van der Waals surface area contributed by atoms with E-state index in [1.54, 1.807) is 91.9 Å². The Labute approximate surface area is 222 Å². The van der Waals surface area contributed by atoms with Crippen LogP contribution in [0, 0.1) is 0 Å². The number of furan rings is 1. The van der Waals surface area contributed by atoms with Gasteiger partial charge in [-0.3, -0.25) is 9.69 Å². The molecule has 0 atom stereocenters. The molecule has 0 bridgehead atoms. The highest BCUT2D eigenvalue weighted by Crippen LogP contribution is 2.38. The van der Waals surface area contributed by atoms with Crippen molar-refractivity contribution in [2.24, 2.45) is 4.99 Å². The summed E-state index contributed by atoms with van der Waals surface area (Å²) in [5.41, 5.74) is 2.10. The highest BCUT2D eigenvalue weighted by Gasteiger charge is 2.35. The summed E-state index contributed by atoms with van der Waals surface area (Å²) in [7, 11) is 3.18. The van der Waals surface area contributed by atoms with Crippen molar-refractivity contribution in [3.8, 4) is 22.8 Å². The standard InChI is InChI=1S/C29H22N2O6S/c1-35-22-10-6-20(7-11-22)30-29-31(21-8-12-23(36-2)13-9-21)27(32)26(38-29)17-24-14-15-25(37-24)18-4-3-5-19(16-18)28(33)34/h3-17H,1-2H3,(H,33,34)/b26-17-,30-29?. The van der Waals surface area contributed by atoms with Crippen molar-refractivity contribution in [1.29, 1.82) is 0 Å². The van der Waals surface area contributed by atoms with E-state index in [1.165, 1.54) is 17.8 Å². The number of carboxylic acid groups (broad SMARTS) is 1. The molecule has 1 amide bonds. The van der Waals surface area contributed by atoms with Gasteiger partial charge in [0.25, 0.3) is 5.91 Å². The number of anilines is 1. The number of hydrogen-bond acceptors (Lipinski definition) is 7. The van der Waals surface area contributed by atoms with Crippen LogP contribution in [0.1, 0.15) is 16.1 Å². The Morgan fingerprint density at radius 2 is 1.63 bits per heavy atom. The fraction of sp³-hybridized carbons (Fsp3) is 0.0690. The minimum atomic E-state index is -1.02. The Balaban J connectivity index is 1.49. The lowest BCUT2D eigenvalue weighted by molar-refractivity contribution is -0.113. The van der Waals surface area contributed by atoms with Crippen LogP contribution >= 0.6 is 11.8 Å². The molecule has 0 unspecified atom stereocenters. The molecule has 1 aromatic heterocycles. The van der Waals surface area contributed by atoms with Crippen molar-refractivity contribution >= 4 is 46.3 Å². The molecule has 0 spiro atoms. The van der Waals surface area contributed by atoms with Gasteiger partial charge >= 0.3 is 5.97 Å². The summed E-state index contributed by atoms with van der Waals surface area (Å²) in [6.07, 6.45) is 1.66. The number of aliphatic imine (C=N–C) groups is 1. The van der Waals surface area contributed by atoms with Gasteiger partial charge in [-0.05, 0) is 84.6 Å². The molecule has 5 rings (SSSR count). The molecular formula is C29H22N2O6S. The van der Waals surface area contributed by atoms with E-state index < -0.39 is 5.97 Å². The van der Waals surface area contributed by atoms with Gasteiger partial charge in [0.2, 0.25) is 0 Å². The number of aromatic carboxylic acids is 1. The van der Waals surface area contributed by atoms with E-state index in [0.717, 1.165) is 0 Å². The van der Waals surface area contributed by atoms with E-state index in [4.69, 9.17) is 18.9 Å². The zero-order chi connectivity index (χ0) is 26.6. The molecular weight excluding hydrogens is 504 g/mol. The number of hydrogen-bond donors (Lipinski definition) is 1. The van der Waals surface area contributed by atoms with Crippen molar-refractivity contribution in [2.75, 3.05) is 19.1 Å². The Morgan fingerprint density at radius 3 is 2.29 bits per heavy atom. The number of carbonyl (C=O) groups is 2.